The zero-order valence-corrected chi connectivity index (χ0v) is 12.2. The van der Waals surface area contributed by atoms with Crippen LogP contribution in [0.3, 0.4) is 0 Å². The highest BCUT2D eigenvalue weighted by molar-refractivity contribution is 5.92. The van der Waals surface area contributed by atoms with E-state index in [0.717, 1.165) is 18.4 Å². The van der Waals surface area contributed by atoms with Crippen molar-refractivity contribution in [3.05, 3.63) is 24.3 Å². The number of amides is 1. The van der Waals surface area contributed by atoms with Crippen molar-refractivity contribution in [2.45, 2.75) is 18.9 Å². The molecule has 0 bridgehead atoms. The van der Waals surface area contributed by atoms with E-state index in [9.17, 15) is 9.59 Å². The van der Waals surface area contributed by atoms with Gasteiger partial charge in [-0.2, -0.15) is 0 Å². The maximum atomic E-state index is 11.7. The van der Waals surface area contributed by atoms with Gasteiger partial charge < -0.3 is 15.2 Å². The molecule has 0 spiro atoms. The largest absolute Gasteiger partial charge is 0.480 e. The number of nitrogens with zero attached hydrogens (tertiary/aromatic N) is 4. The maximum Gasteiger partial charge on any atom is 0.329 e. The van der Waals surface area contributed by atoms with Gasteiger partial charge in [-0.1, -0.05) is 12.1 Å². The zero-order chi connectivity index (χ0) is 16.2. The van der Waals surface area contributed by atoms with E-state index in [4.69, 9.17) is 9.84 Å². The van der Waals surface area contributed by atoms with Gasteiger partial charge in [0.05, 0.1) is 6.04 Å². The molecule has 0 aliphatic heterocycles. The zero-order valence-electron chi connectivity index (χ0n) is 12.2. The monoisotopic (exact) mass is 317 g/mol. The number of carbonyl (C=O) groups is 2. The van der Waals surface area contributed by atoms with Crippen LogP contribution in [0.25, 0.3) is 11.4 Å². The van der Waals surface area contributed by atoms with Gasteiger partial charge in [0.2, 0.25) is 5.91 Å². The van der Waals surface area contributed by atoms with Crippen molar-refractivity contribution in [3.8, 4) is 11.4 Å². The van der Waals surface area contributed by atoms with Crippen LogP contribution in [0.4, 0.5) is 5.69 Å². The fraction of sp³-hybridized carbons (Fsp3) is 0.357. The third-order valence-electron chi connectivity index (χ3n) is 3.25. The van der Waals surface area contributed by atoms with Gasteiger partial charge in [-0.15, -0.1) is 5.10 Å². The summed E-state index contributed by atoms with van der Waals surface area (Å²) < 4.78 is 6.53. The van der Waals surface area contributed by atoms with Gasteiger partial charge in [-0.25, -0.2) is 9.48 Å². The number of aliphatic carboxylic acids is 1. The van der Waals surface area contributed by atoms with E-state index >= 15 is 0 Å². The molecule has 2 N–H and O–H groups in total. The van der Waals surface area contributed by atoms with Gasteiger partial charge in [0.15, 0.2) is 5.82 Å². The summed E-state index contributed by atoms with van der Waals surface area (Å²) in [6.07, 6.45) is 2.13. The van der Waals surface area contributed by atoms with Gasteiger partial charge >= 0.3 is 5.97 Å². The van der Waals surface area contributed by atoms with Crippen LogP contribution in [0.15, 0.2) is 24.3 Å². The number of carboxylic acids is 1. The predicted octanol–water partition coefficient (Wildman–Crippen LogP) is 0.715. The first kappa shape index (κ1) is 15.1. The number of ether oxygens (including phenoxy) is 1. The van der Waals surface area contributed by atoms with E-state index in [1.54, 1.807) is 22.9 Å². The Labute approximate surface area is 131 Å². The minimum Gasteiger partial charge on any atom is -0.480 e. The molecule has 120 valence electrons. The number of hydrogen-bond donors (Lipinski definition) is 2. The lowest BCUT2D eigenvalue weighted by Gasteiger charge is -2.07. The third-order valence-corrected chi connectivity index (χ3v) is 3.25. The number of aromatic nitrogens is 4. The molecular formula is C14H15N5O4. The molecule has 1 amide bonds. The van der Waals surface area contributed by atoms with Crippen molar-refractivity contribution in [3.63, 3.8) is 0 Å². The highest BCUT2D eigenvalue weighted by Crippen LogP contribution is 2.36. The number of hydrogen-bond acceptors (Lipinski definition) is 6. The molecule has 0 unspecified atom stereocenters. The summed E-state index contributed by atoms with van der Waals surface area (Å²) in [6, 6.07) is 7.49. The van der Waals surface area contributed by atoms with Crippen LogP contribution in [0, 0.1) is 0 Å². The molecule has 23 heavy (non-hydrogen) atoms. The Hall–Kier alpha value is -2.81. The second-order valence-corrected chi connectivity index (χ2v) is 5.19. The standard InChI is InChI=1S/C14H15N5O4/c20-12(7-23-8-13(21)22)15-10-3-1-2-9(6-10)14-16-17-18-19(14)11-4-5-11/h1-3,6,11H,4-5,7-8H2,(H,15,20)(H,21,22). The van der Waals surface area contributed by atoms with Gasteiger partial charge in [-0.3, -0.25) is 4.79 Å². The number of carbonyl (C=O) groups excluding carboxylic acids is 1. The van der Waals surface area contributed by atoms with E-state index in [-0.39, 0.29) is 6.61 Å². The fourth-order valence-corrected chi connectivity index (χ4v) is 2.11. The van der Waals surface area contributed by atoms with Gasteiger partial charge in [0.25, 0.3) is 0 Å². The van der Waals surface area contributed by atoms with E-state index in [1.165, 1.54) is 0 Å². The number of rotatable bonds is 7. The van der Waals surface area contributed by atoms with Crippen LogP contribution in [-0.4, -0.2) is 50.4 Å². The first-order valence-electron chi connectivity index (χ1n) is 7.11. The second-order valence-electron chi connectivity index (χ2n) is 5.19. The summed E-state index contributed by atoms with van der Waals surface area (Å²) in [6.45, 7) is -0.833. The lowest BCUT2D eigenvalue weighted by molar-refractivity contribution is -0.143. The van der Waals surface area contributed by atoms with Crippen molar-refractivity contribution in [2.24, 2.45) is 0 Å². The highest BCUT2D eigenvalue weighted by Gasteiger charge is 2.28. The number of nitrogens with one attached hydrogen (secondary N) is 1. The quantitative estimate of drug-likeness (QED) is 0.772. The van der Waals surface area contributed by atoms with Crippen molar-refractivity contribution in [2.75, 3.05) is 18.5 Å². The van der Waals surface area contributed by atoms with E-state index in [2.05, 4.69) is 20.8 Å². The van der Waals surface area contributed by atoms with E-state index in [1.807, 2.05) is 6.07 Å². The Balaban J connectivity index is 1.66. The van der Waals surface area contributed by atoms with Crippen molar-refractivity contribution >= 4 is 17.6 Å². The molecule has 1 aliphatic rings. The Kier molecular flexibility index (Phi) is 4.29. The number of carboxylic acid groups (broad SMARTS) is 1. The highest BCUT2D eigenvalue weighted by atomic mass is 16.5. The second kappa shape index (κ2) is 6.53. The summed E-state index contributed by atoms with van der Waals surface area (Å²) in [5.41, 5.74) is 1.36. The van der Waals surface area contributed by atoms with Crippen LogP contribution >= 0.6 is 0 Å². The molecule has 0 saturated heterocycles. The van der Waals surface area contributed by atoms with Crippen LogP contribution in [0.2, 0.25) is 0 Å². The molecule has 0 atom stereocenters. The molecule has 0 radical (unpaired) electrons. The topological polar surface area (TPSA) is 119 Å². The third kappa shape index (κ3) is 3.89. The predicted molar refractivity (Wildman–Crippen MR) is 78.6 cm³/mol. The fourth-order valence-electron chi connectivity index (χ4n) is 2.11. The van der Waals surface area contributed by atoms with Crippen LogP contribution < -0.4 is 5.32 Å². The van der Waals surface area contributed by atoms with Crippen molar-refractivity contribution in [1.29, 1.82) is 0 Å². The number of tetrazole rings is 1. The minimum atomic E-state index is -1.12. The van der Waals surface area contributed by atoms with Crippen LogP contribution in [0.1, 0.15) is 18.9 Å². The molecule has 1 aliphatic carbocycles. The van der Waals surface area contributed by atoms with Gasteiger partial charge in [-0.05, 0) is 35.4 Å². The summed E-state index contributed by atoms with van der Waals surface area (Å²) >= 11 is 0. The average molecular weight is 317 g/mol. The molecular weight excluding hydrogens is 302 g/mol. The molecule has 1 aromatic heterocycles. The minimum absolute atomic E-state index is 0.323. The van der Waals surface area contributed by atoms with Crippen molar-refractivity contribution in [1.82, 2.24) is 20.2 Å². The first-order chi connectivity index (χ1) is 11.1. The summed E-state index contributed by atoms with van der Waals surface area (Å²) in [5, 5.41) is 22.8. The maximum absolute atomic E-state index is 11.7. The average Bonchev–Trinajstić information content (AvgIpc) is 3.24. The molecule has 3 rings (SSSR count). The molecule has 9 nitrogen and oxygen atoms in total. The van der Waals surface area contributed by atoms with E-state index < -0.39 is 18.5 Å². The van der Waals surface area contributed by atoms with Crippen molar-refractivity contribution < 1.29 is 19.4 Å². The van der Waals surface area contributed by atoms with E-state index in [0.29, 0.717) is 17.6 Å². The number of benzene rings is 1. The summed E-state index contributed by atoms with van der Waals surface area (Å²) in [7, 11) is 0. The summed E-state index contributed by atoms with van der Waals surface area (Å²) in [5.74, 6) is -0.886. The Bertz CT molecular complexity index is 725. The Morgan fingerprint density at radius 1 is 1.35 bits per heavy atom. The Morgan fingerprint density at radius 3 is 2.91 bits per heavy atom. The van der Waals surface area contributed by atoms with Gasteiger partial charge in [0.1, 0.15) is 13.2 Å². The normalized spacial score (nSPS) is 13.7. The molecule has 2 aromatic rings. The SMILES string of the molecule is O=C(O)COCC(=O)Nc1cccc(-c2nnnn2C2CC2)c1. The molecule has 1 fully saturated rings. The first-order valence-corrected chi connectivity index (χ1v) is 7.11. The lowest BCUT2D eigenvalue weighted by Crippen LogP contribution is -2.20. The molecule has 9 heteroatoms. The lowest BCUT2D eigenvalue weighted by atomic mass is 10.2. The number of anilines is 1. The van der Waals surface area contributed by atoms with Crippen LogP contribution in [-0.2, 0) is 14.3 Å². The molecule has 1 heterocycles. The van der Waals surface area contributed by atoms with Gasteiger partial charge in [0, 0.05) is 11.3 Å². The molecule has 1 saturated carbocycles. The Morgan fingerprint density at radius 2 is 2.17 bits per heavy atom. The molecule has 1 aromatic carbocycles. The summed E-state index contributed by atoms with van der Waals surface area (Å²) in [4.78, 5) is 22.0. The van der Waals surface area contributed by atoms with Crippen LogP contribution in [0.5, 0.6) is 0 Å². The smallest absolute Gasteiger partial charge is 0.329 e.